The van der Waals surface area contributed by atoms with E-state index < -0.39 is 23.0 Å². The van der Waals surface area contributed by atoms with E-state index in [0.29, 0.717) is 22.5 Å². The van der Waals surface area contributed by atoms with Gasteiger partial charge in [-0.25, -0.2) is 4.39 Å². The molecule has 1 N–H and O–H groups in total. The minimum atomic E-state index is -4.73. The van der Waals surface area contributed by atoms with Crippen molar-refractivity contribution in [3.8, 4) is 5.69 Å². The summed E-state index contributed by atoms with van der Waals surface area (Å²) in [6.07, 6.45) is -1.57. The molecule has 0 radical (unpaired) electrons. The highest BCUT2D eigenvalue weighted by Crippen LogP contribution is 2.44. The fraction of sp³-hybridized carbons (Fsp3) is 0.161. The zero-order chi connectivity index (χ0) is 27.9. The number of allylic oxidation sites excluding steroid dienone is 3. The molecule has 1 aliphatic heterocycles. The van der Waals surface area contributed by atoms with Crippen LogP contribution in [0.4, 0.5) is 23.2 Å². The lowest BCUT2D eigenvalue weighted by Crippen LogP contribution is -2.30. The average molecular weight is 532 g/mol. The SMILES string of the molecule is C[N+]1=C(/C=C2\C(=O)C(c3cn(-c4cc(F)cc(C(F)(F)F)c4)c4ccccc34)=C2O)C(C)(C)c2ccccc21. The molecule has 8 heteroatoms. The van der Waals surface area contributed by atoms with Crippen LogP contribution in [0, 0.1) is 5.82 Å². The van der Waals surface area contributed by atoms with E-state index in [2.05, 4.69) is 0 Å². The fourth-order valence-corrected chi connectivity index (χ4v) is 5.67. The summed E-state index contributed by atoms with van der Waals surface area (Å²) in [6, 6.07) is 17.0. The maximum absolute atomic E-state index is 14.2. The van der Waals surface area contributed by atoms with E-state index in [4.69, 9.17) is 0 Å². The molecule has 2 aliphatic rings. The van der Waals surface area contributed by atoms with Crippen LogP contribution >= 0.6 is 0 Å². The van der Waals surface area contributed by atoms with Crippen LogP contribution in [0.15, 0.2) is 90.3 Å². The molecule has 3 aromatic carbocycles. The third-order valence-electron chi connectivity index (χ3n) is 7.65. The number of hydrogen-bond donors (Lipinski definition) is 1. The van der Waals surface area contributed by atoms with Gasteiger partial charge >= 0.3 is 6.18 Å². The van der Waals surface area contributed by atoms with Gasteiger partial charge in [0.1, 0.15) is 18.6 Å². The molecule has 0 atom stereocenters. The summed E-state index contributed by atoms with van der Waals surface area (Å²) >= 11 is 0. The first-order chi connectivity index (χ1) is 18.4. The standard InChI is InChI=1S/C31H22F4N2O2/c1-30(2)23-9-5-7-11-25(23)36(3)26(30)15-21-28(38)27(29(21)39)22-16-37(24-10-6-4-8-20(22)24)19-13-17(31(33,34)35)12-18(32)14-19/h4-16H,1-3H3/p+1. The normalized spacial score (nSPS) is 17.8. The quantitative estimate of drug-likeness (QED) is 0.172. The Morgan fingerprint density at radius 3 is 2.38 bits per heavy atom. The number of aliphatic hydroxyl groups excluding tert-OH is 1. The second kappa shape index (κ2) is 8.27. The number of para-hydroxylation sites is 2. The van der Waals surface area contributed by atoms with Gasteiger partial charge in [0.25, 0.3) is 0 Å². The van der Waals surface area contributed by atoms with Gasteiger partial charge in [-0.15, -0.1) is 0 Å². The van der Waals surface area contributed by atoms with Crippen molar-refractivity contribution in [2.75, 3.05) is 7.05 Å². The van der Waals surface area contributed by atoms with Crippen molar-refractivity contribution >= 4 is 33.7 Å². The molecule has 0 amide bonds. The molecule has 2 heterocycles. The molecule has 0 bridgehead atoms. The summed E-state index contributed by atoms with van der Waals surface area (Å²) < 4.78 is 57.8. The lowest BCUT2D eigenvalue weighted by atomic mass is 9.77. The van der Waals surface area contributed by atoms with Crippen molar-refractivity contribution in [2.24, 2.45) is 0 Å². The van der Waals surface area contributed by atoms with Crippen LogP contribution in [0.5, 0.6) is 0 Å². The molecule has 0 fully saturated rings. The molecule has 0 saturated carbocycles. The van der Waals surface area contributed by atoms with Crippen LogP contribution in [-0.4, -0.2) is 32.8 Å². The van der Waals surface area contributed by atoms with Gasteiger partial charge in [-0.05, 0) is 38.1 Å². The third kappa shape index (κ3) is 3.66. The predicted octanol–water partition coefficient (Wildman–Crippen LogP) is 7.27. The summed E-state index contributed by atoms with van der Waals surface area (Å²) in [5.41, 5.74) is 2.45. The molecule has 6 rings (SSSR count). The highest BCUT2D eigenvalue weighted by atomic mass is 19.4. The van der Waals surface area contributed by atoms with Crippen LogP contribution in [0.3, 0.4) is 0 Å². The van der Waals surface area contributed by atoms with E-state index in [-0.39, 0.29) is 28.4 Å². The Morgan fingerprint density at radius 1 is 1.00 bits per heavy atom. The molecular formula is C31H23F4N2O2+. The number of fused-ring (bicyclic) bond motifs is 2. The largest absolute Gasteiger partial charge is 0.506 e. The first kappa shape index (κ1) is 24.9. The van der Waals surface area contributed by atoms with Crippen molar-refractivity contribution in [1.82, 2.24) is 4.57 Å². The van der Waals surface area contributed by atoms with Gasteiger partial charge in [0.2, 0.25) is 11.5 Å². The van der Waals surface area contributed by atoms with E-state index in [1.807, 2.05) is 49.7 Å². The molecule has 0 spiro atoms. The topological polar surface area (TPSA) is 45.2 Å². The first-order valence-electron chi connectivity index (χ1n) is 12.3. The number of carbonyl (C=O) groups excluding carboxylic acids is 1. The minimum absolute atomic E-state index is 0.0462. The van der Waals surface area contributed by atoms with Gasteiger partial charge < -0.3 is 9.67 Å². The number of nitrogens with zero attached hydrogens (tertiary/aromatic N) is 2. The van der Waals surface area contributed by atoms with Crippen LogP contribution in [0.2, 0.25) is 0 Å². The van der Waals surface area contributed by atoms with Crippen LogP contribution in [-0.2, 0) is 16.4 Å². The van der Waals surface area contributed by atoms with Gasteiger partial charge in [-0.1, -0.05) is 36.4 Å². The lowest BCUT2D eigenvalue weighted by molar-refractivity contribution is -0.401. The van der Waals surface area contributed by atoms with E-state index in [9.17, 15) is 27.5 Å². The lowest BCUT2D eigenvalue weighted by Gasteiger charge is -2.22. The van der Waals surface area contributed by atoms with Crippen molar-refractivity contribution in [3.63, 3.8) is 0 Å². The number of aliphatic hydroxyl groups is 1. The van der Waals surface area contributed by atoms with Gasteiger partial charge in [-0.2, -0.15) is 17.7 Å². The maximum atomic E-state index is 14.2. The molecule has 4 aromatic rings. The summed E-state index contributed by atoms with van der Waals surface area (Å²) in [5, 5.41) is 11.6. The van der Waals surface area contributed by atoms with E-state index in [1.54, 1.807) is 30.3 Å². The molecule has 1 aromatic heterocycles. The molecule has 0 saturated heterocycles. The summed E-state index contributed by atoms with van der Waals surface area (Å²) in [5.74, 6) is -1.60. The van der Waals surface area contributed by atoms with E-state index in [0.717, 1.165) is 29.1 Å². The molecule has 0 unspecified atom stereocenters. The van der Waals surface area contributed by atoms with Crippen LogP contribution in [0.1, 0.15) is 30.5 Å². The second-order valence-corrected chi connectivity index (χ2v) is 10.3. The minimum Gasteiger partial charge on any atom is -0.506 e. The Bertz CT molecular complexity index is 1820. The maximum Gasteiger partial charge on any atom is 0.416 e. The number of rotatable bonds is 3. The summed E-state index contributed by atoms with van der Waals surface area (Å²) in [7, 11) is 1.91. The number of ketones is 1. The van der Waals surface area contributed by atoms with Gasteiger partial charge in [0.05, 0.1) is 27.6 Å². The summed E-state index contributed by atoms with van der Waals surface area (Å²) in [6.45, 7) is 4.10. The zero-order valence-electron chi connectivity index (χ0n) is 21.3. The Hall–Kier alpha value is -4.46. The van der Waals surface area contributed by atoms with E-state index in [1.165, 1.54) is 10.8 Å². The Balaban J connectivity index is 1.48. The van der Waals surface area contributed by atoms with Crippen molar-refractivity contribution < 1.29 is 32.0 Å². The number of aromatic nitrogens is 1. The van der Waals surface area contributed by atoms with Crippen molar-refractivity contribution in [1.29, 1.82) is 0 Å². The highest BCUT2D eigenvalue weighted by Gasteiger charge is 2.45. The fourth-order valence-electron chi connectivity index (χ4n) is 5.67. The van der Waals surface area contributed by atoms with E-state index >= 15 is 0 Å². The monoisotopic (exact) mass is 531 g/mol. The average Bonchev–Trinajstić information content (AvgIpc) is 3.35. The van der Waals surface area contributed by atoms with Crippen LogP contribution in [0.25, 0.3) is 22.2 Å². The molecule has 1 aliphatic carbocycles. The second-order valence-electron chi connectivity index (χ2n) is 10.3. The smallest absolute Gasteiger partial charge is 0.416 e. The number of halogens is 4. The number of hydrogen-bond acceptors (Lipinski definition) is 2. The number of Topliss-reactive ketones (excluding diaryl/α,β-unsaturated/α-hetero) is 1. The van der Waals surface area contributed by atoms with Crippen molar-refractivity contribution in [2.45, 2.75) is 25.4 Å². The molecule has 39 heavy (non-hydrogen) atoms. The Morgan fingerprint density at radius 2 is 1.69 bits per heavy atom. The number of alkyl halides is 3. The third-order valence-corrected chi connectivity index (χ3v) is 7.65. The Labute approximate surface area is 221 Å². The van der Waals surface area contributed by atoms with Gasteiger partial charge in [0.15, 0.2) is 5.71 Å². The number of benzene rings is 3. The van der Waals surface area contributed by atoms with Crippen LogP contribution < -0.4 is 0 Å². The highest BCUT2D eigenvalue weighted by molar-refractivity contribution is 6.41. The van der Waals surface area contributed by atoms with Crippen molar-refractivity contribution in [3.05, 3.63) is 113 Å². The molecule has 196 valence electrons. The van der Waals surface area contributed by atoms with Gasteiger partial charge in [-0.3, -0.25) is 4.79 Å². The van der Waals surface area contributed by atoms with Gasteiger partial charge in [0, 0.05) is 40.5 Å². The zero-order valence-corrected chi connectivity index (χ0v) is 21.3. The predicted molar refractivity (Wildman–Crippen MR) is 141 cm³/mol. The number of carbonyl (C=O) groups is 1. The molecule has 4 nitrogen and oxygen atoms in total. The molecular weight excluding hydrogens is 508 g/mol. The summed E-state index contributed by atoms with van der Waals surface area (Å²) in [4.78, 5) is 13.4. The first-order valence-corrected chi connectivity index (χ1v) is 12.3. The Kier molecular flexibility index (Phi) is 5.27.